The molecule has 0 saturated heterocycles. The van der Waals surface area contributed by atoms with Crippen molar-refractivity contribution in [3.63, 3.8) is 0 Å². The molecule has 0 N–H and O–H groups in total. The molecule has 1 atom stereocenters. The minimum atomic E-state index is -1.36. The minimum absolute atomic E-state index is 0.635. The number of hydrogen-bond acceptors (Lipinski definition) is 3. The van der Waals surface area contributed by atoms with E-state index in [4.69, 9.17) is 23.2 Å². The third-order valence-corrected chi connectivity index (χ3v) is 1.05. The van der Waals surface area contributed by atoms with E-state index in [-0.39, 0.29) is 0 Å². The number of hydrogen-bond donors (Lipinski definition) is 0. The van der Waals surface area contributed by atoms with Gasteiger partial charge in [0, 0.05) is 6.92 Å². The smallest absolute Gasteiger partial charge is 0.304 e. The third kappa shape index (κ3) is 4.24. The van der Waals surface area contributed by atoms with Crippen LogP contribution >= 0.6 is 23.2 Å². The van der Waals surface area contributed by atoms with Gasteiger partial charge in [0.2, 0.25) is 5.56 Å². The highest BCUT2D eigenvalue weighted by atomic mass is 35.5. The number of rotatable bonds is 2. The lowest BCUT2D eigenvalue weighted by atomic mass is 10.7. The van der Waals surface area contributed by atoms with Gasteiger partial charge in [0.25, 0.3) is 5.24 Å². The first-order valence-corrected chi connectivity index (χ1v) is 2.86. The van der Waals surface area contributed by atoms with Crippen molar-refractivity contribution in [1.29, 1.82) is 0 Å². The minimum Gasteiger partial charge on any atom is -0.437 e. The van der Waals surface area contributed by atoms with Gasteiger partial charge in [0.1, 0.15) is 0 Å². The second kappa shape index (κ2) is 3.69. The van der Waals surface area contributed by atoms with Crippen molar-refractivity contribution >= 4 is 34.4 Å². The molecule has 0 rings (SSSR count). The fraction of sp³-hybridized carbons (Fsp3) is 0.500. The molecule has 0 bridgehead atoms. The van der Waals surface area contributed by atoms with Crippen molar-refractivity contribution in [2.24, 2.45) is 0 Å². The number of ether oxygens (including phenoxy) is 1. The van der Waals surface area contributed by atoms with Crippen LogP contribution in [0.25, 0.3) is 0 Å². The second-order valence-electron chi connectivity index (χ2n) is 1.23. The van der Waals surface area contributed by atoms with Crippen LogP contribution in [0.3, 0.4) is 0 Å². The fourth-order valence-electron chi connectivity index (χ4n) is 0.192. The van der Waals surface area contributed by atoms with Crippen LogP contribution in [0.4, 0.5) is 0 Å². The molecule has 0 aliphatic rings. The van der Waals surface area contributed by atoms with E-state index < -0.39 is 16.8 Å². The Hall–Kier alpha value is -0.280. The van der Waals surface area contributed by atoms with Gasteiger partial charge in [0.15, 0.2) is 0 Å². The topological polar surface area (TPSA) is 43.4 Å². The maximum atomic E-state index is 10.0. The highest BCUT2D eigenvalue weighted by Gasteiger charge is 2.14. The van der Waals surface area contributed by atoms with E-state index in [1.165, 1.54) is 0 Å². The molecule has 0 aromatic heterocycles. The van der Waals surface area contributed by atoms with Gasteiger partial charge in [-0.2, -0.15) is 0 Å². The lowest BCUT2D eigenvalue weighted by molar-refractivity contribution is -0.146. The molecule has 0 radical (unpaired) electrons. The predicted octanol–water partition coefficient (Wildman–Crippen LogP) is 0.880. The zero-order valence-electron chi connectivity index (χ0n) is 4.56. The van der Waals surface area contributed by atoms with Crippen molar-refractivity contribution in [3.8, 4) is 0 Å². The molecule has 0 aliphatic carbocycles. The van der Waals surface area contributed by atoms with Gasteiger partial charge in [0.05, 0.1) is 0 Å². The molecule has 1 unspecified atom stereocenters. The quantitative estimate of drug-likeness (QED) is 0.351. The Morgan fingerprint density at radius 3 is 2.11 bits per heavy atom. The Morgan fingerprint density at radius 2 is 2.00 bits per heavy atom. The van der Waals surface area contributed by atoms with Crippen LogP contribution in [0, 0.1) is 0 Å². The van der Waals surface area contributed by atoms with Gasteiger partial charge in [-0.3, -0.25) is 9.59 Å². The van der Waals surface area contributed by atoms with Crippen molar-refractivity contribution in [1.82, 2.24) is 0 Å². The molecule has 0 aromatic rings. The van der Waals surface area contributed by atoms with Crippen LogP contribution in [-0.4, -0.2) is 16.8 Å². The first-order valence-electron chi connectivity index (χ1n) is 2.04. The normalized spacial score (nSPS) is 12.3. The van der Waals surface area contributed by atoms with Crippen molar-refractivity contribution in [2.75, 3.05) is 0 Å². The second-order valence-corrected chi connectivity index (χ2v) is 2.00. The molecule has 0 fully saturated rings. The van der Waals surface area contributed by atoms with Crippen molar-refractivity contribution in [2.45, 2.75) is 12.5 Å². The predicted molar refractivity (Wildman–Crippen MR) is 32.3 cm³/mol. The highest BCUT2D eigenvalue weighted by Crippen LogP contribution is 2.02. The van der Waals surface area contributed by atoms with Crippen LogP contribution < -0.4 is 0 Å². The molecular weight excluding hydrogens is 167 g/mol. The first kappa shape index (κ1) is 8.72. The van der Waals surface area contributed by atoms with E-state index in [9.17, 15) is 9.59 Å². The summed E-state index contributed by atoms with van der Waals surface area (Å²) in [5.74, 6) is -0.635. The van der Waals surface area contributed by atoms with E-state index in [1.54, 1.807) is 0 Å². The number of carbonyl (C=O) groups is 2. The Bertz CT molecular complexity index is 134. The van der Waals surface area contributed by atoms with Crippen LogP contribution in [0.2, 0.25) is 0 Å². The van der Waals surface area contributed by atoms with Gasteiger partial charge in [-0.1, -0.05) is 11.6 Å². The molecule has 0 heterocycles. The van der Waals surface area contributed by atoms with Crippen LogP contribution in [0.15, 0.2) is 0 Å². The standard InChI is InChI=1S/C4H4Cl2O3/c1-2(7)9-4(6)3(5)8/h4H,1H3. The van der Waals surface area contributed by atoms with Crippen LogP contribution in [0.5, 0.6) is 0 Å². The highest BCUT2D eigenvalue weighted by molar-refractivity contribution is 6.68. The van der Waals surface area contributed by atoms with Crippen LogP contribution in [-0.2, 0) is 14.3 Å². The van der Waals surface area contributed by atoms with Gasteiger partial charge in [-0.15, -0.1) is 0 Å². The largest absolute Gasteiger partial charge is 0.437 e. The van der Waals surface area contributed by atoms with E-state index >= 15 is 0 Å². The summed E-state index contributed by atoms with van der Waals surface area (Å²) in [6.07, 6.45) is 0. The number of carbonyl (C=O) groups excluding carboxylic acids is 2. The van der Waals surface area contributed by atoms with E-state index in [2.05, 4.69) is 4.74 Å². The SMILES string of the molecule is CC(=O)OC(Cl)C(=O)Cl. The van der Waals surface area contributed by atoms with E-state index in [0.29, 0.717) is 0 Å². The number of alkyl halides is 1. The fourth-order valence-corrected chi connectivity index (χ4v) is 0.362. The molecule has 9 heavy (non-hydrogen) atoms. The Labute approximate surface area is 61.9 Å². The molecule has 0 amide bonds. The van der Waals surface area contributed by atoms with Gasteiger partial charge < -0.3 is 4.74 Å². The van der Waals surface area contributed by atoms with Crippen molar-refractivity contribution in [3.05, 3.63) is 0 Å². The summed E-state index contributed by atoms with van der Waals surface area (Å²) < 4.78 is 4.16. The molecular formula is C4H4Cl2O3. The first-order chi connectivity index (χ1) is 4.04. The molecule has 0 saturated carbocycles. The summed E-state index contributed by atoms with van der Waals surface area (Å²) in [7, 11) is 0. The summed E-state index contributed by atoms with van der Waals surface area (Å²) >= 11 is 9.91. The molecule has 5 heteroatoms. The molecule has 0 aromatic carbocycles. The van der Waals surface area contributed by atoms with E-state index in [1.807, 2.05) is 0 Å². The Kier molecular flexibility index (Phi) is 3.58. The zero-order valence-corrected chi connectivity index (χ0v) is 6.07. The third-order valence-electron chi connectivity index (χ3n) is 0.448. The van der Waals surface area contributed by atoms with Crippen LogP contribution in [0.1, 0.15) is 6.92 Å². The summed E-state index contributed by atoms with van der Waals surface area (Å²) in [5.41, 5.74) is -1.36. The van der Waals surface area contributed by atoms with Gasteiger partial charge >= 0.3 is 5.97 Å². The van der Waals surface area contributed by atoms with Gasteiger partial charge in [-0.05, 0) is 11.6 Å². The monoisotopic (exact) mass is 170 g/mol. The maximum Gasteiger partial charge on any atom is 0.304 e. The molecule has 3 nitrogen and oxygen atoms in total. The average Bonchev–Trinajstić information content (AvgIpc) is 1.63. The van der Waals surface area contributed by atoms with Gasteiger partial charge in [-0.25, -0.2) is 0 Å². The lowest BCUT2D eigenvalue weighted by Gasteiger charge is -2.01. The Balaban J connectivity index is 3.63. The zero-order chi connectivity index (χ0) is 7.44. The van der Waals surface area contributed by atoms with Crippen molar-refractivity contribution < 1.29 is 14.3 Å². The maximum absolute atomic E-state index is 10.0. The van der Waals surface area contributed by atoms with E-state index in [0.717, 1.165) is 6.92 Å². The number of esters is 1. The summed E-state index contributed by atoms with van der Waals surface area (Å²) in [5, 5.41) is -0.896. The summed E-state index contributed by atoms with van der Waals surface area (Å²) in [6.45, 7) is 1.13. The lowest BCUT2D eigenvalue weighted by Crippen LogP contribution is -2.15. The number of halogens is 2. The molecule has 0 aliphatic heterocycles. The molecule has 52 valence electrons. The summed E-state index contributed by atoms with van der Waals surface area (Å²) in [6, 6.07) is 0. The summed E-state index contributed by atoms with van der Waals surface area (Å²) in [4.78, 5) is 20.1. The Morgan fingerprint density at radius 1 is 1.56 bits per heavy atom. The average molecular weight is 171 g/mol. The molecule has 0 spiro atoms.